The lowest BCUT2D eigenvalue weighted by Crippen LogP contribution is -2.40. The number of carbonyl (C=O) groups excluding carboxylic acids is 1. The van der Waals surface area contributed by atoms with Gasteiger partial charge in [-0.3, -0.25) is 4.79 Å². The van der Waals surface area contributed by atoms with Gasteiger partial charge in [0, 0.05) is 27.1 Å². The molecule has 0 aromatic carbocycles. The topological polar surface area (TPSA) is 100 Å². The van der Waals surface area contributed by atoms with Crippen LogP contribution < -0.4 is 5.32 Å². The van der Waals surface area contributed by atoms with Gasteiger partial charge < -0.3 is 19.9 Å². The second-order valence-corrected chi connectivity index (χ2v) is 3.59. The van der Waals surface area contributed by atoms with Crippen molar-refractivity contribution < 1.29 is 14.7 Å². The van der Waals surface area contributed by atoms with Crippen molar-refractivity contribution in [1.29, 1.82) is 0 Å². The lowest BCUT2D eigenvalue weighted by atomic mass is 10.4. The molecular formula is C9H15N5O3. The zero-order chi connectivity index (χ0) is 12.8. The molecule has 0 radical (unpaired) electrons. The Bertz CT molecular complexity index is 403. The van der Waals surface area contributed by atoms with Crippen LogP contribution in [0.5, 0.6) is 0 Å². The molecule has 1 aromatic rings. The smallest absolute Gasteiger partial charge is 0.323 e. The van der Waals surface area contributed by atoms with Crippen LogP contribution in [0.25, 0.3) is 0 Å². The SMILES string of the molecule is CN(CC(=O)O)C(=O)NCCc1nncn1C. The van der Waals surface area contributed by atoms with E-state index >= 15 is 0 Å². The number of likely N-dealkylation sites (N-methyl/N-ethyl adjacent to an activating group) is 1. The number of carboxylic acid groups (broad SMARTS) is 1. The summed E-state index contributed by atoms with van der Waals surface area (Å²) in [6.45, 7) is 0.0606. The number of urea groups is 1. The summed E-state index contributed by atoms with van der Waals surface area (Å²) < 4.78 is 1.76. The van der Waals surface area contributed by atoms with E-state index in [2.05, 4.69) is 15.5 Å². The molecule has 2 N–H and O–H groups in total. The van der Waals surface area contributed by atoms with E-state index in [1.165, 1.54) is 7.05 Å². The number of nitrogens with one attached hydrogen (secondary N) is 1. The average molecular weight is 241 g/mol. The number of nitrogens with zero attached hydrogens (tertiary/aromatic N) is 4. The molecule has 0 saturated heterocycles. The molecule has 0 aliphatic rings. The van der Waals surface area contributed by atoms with Crippen LogP contribution >= 0.6 is 0 Å². The number of aromatic nitrogens is 3. The molecule has 17 heavy (non-hydrogen) atoms. The Balaban J connectivity index is 2.29. The van der Waals surface area contributed by atoms with Crippen molar-refractivity contribution in [2.24, 2.45) is 7.05 Å². The predicted molar refractivity (Wildman–Crippen MR) is 58.4 cm³/mol. The number of aryl methyl sites for hydroxylation is 1. The minimum Gasteiger partial charge on any atom is -0.480 e. The maximum absolute atomic E-state index is 11.4. The Hall–Kier alpha value is -2.12. The quantitative estimate of drug-likeness (QED) is 0.694. The zero-order valence-corrected chi connectivity index (χ0v) is 9.75. The lowest BCUT2D eigenvalue weighted by Gasteiger charge is -2.15. The normalized spacial score (nSPS) is 10.0. The molecule has 0 fully saturated rings. The fourth-order valence-electron chi connectivity index (χ4n) is 1.22. The van der Waals surface area contributed by atoms with E-state index in [0.29, 0.717) is 13.0 Å². The molecule has 0 unspecified atom stereocenters. The predicted octanol–water partition coefficient (Wildman–Crippen LogP) is -0.916. The van der Waals surface area contributed by atoms with Gasteiger partial charge in [-0.05, 0) is 0 Å². The van der Waals surface area contributed by atoms with Gasteiger partial charge in [-0.2, -0.15) is 0 Å². The average Bonchev–Trinajstić information content (AvgIpc) is 2.63. The van der Waals surface area contributed by atoms with Crippen molar-refractivity contribution in [3.05, 3.63) is 12.2 Å². The molecule has 8 heteroatoms. The van der Waals surface area contributed by atoms with Gasteiger partial charge in [0.2, 0.25) is 0 Å². The number of rotatable bonds is 5. The highest BCUT2D eigenvalue weighted by Gasteiger charge is 2.11. The Morgan fingerprint density at radius 3 is 2.82 bits per heavy atom. The number of hydrogen-bond donors (Lipinski definition) is 2. The van der Waals surface area contributed by atoms with E-state index in [-0.39, 0.29) is 6.54 Å². The minimum absolute atomic E-state index is 0.324. The van der Waals surface area contributed by atoms with Gasteiger partial charge in [-0.15, -0.1) is 10.2 Å². The fraction of sp³-hybridized carbons (Fsp3) is 0.556. The van der Waals surface area contributed by atoms with Crippen LogP contribution in [-0.2, 0) is 18.3 Å². The second-order valence-electron chi connectivity index (χ2n) is 3.59. The molecule has 1 heterocycles. The summed E-state index contributed by atoms with van der Waals surface area (Å²) in [6, 6.07) is -0.422. The van der Waals surface area contributed by atoms with Gasteiger partial charge in [-0.25, -0.2) is 4.79 Å². The van der Waals surface area contributed by atoms with E-state index in [9.17, 15) is 9.59 Å². The fourth-order valence-corrected chi connectivity index (χ4v) is 1.22. The summed E-state index contributed by atoms with van der Waals surface area (Å²) in [7, 11) is 3.24. The van der Waals surface area contributed by atoms with Crippen LogP contribution in [0.2, 0.25) is 0 Å². The van der Waals surface area contributed by atoms with Crippen molar-refractivity contribution in [1.82, 2.24) is 25.0 Å². The monoisotopic (exact) mass is 241 g/mol. The lowest BCUT2D eigenvalue weighted by molar-refractivity contribution is -0.137. The number of aliphatic carboxylic acids is 1. The van der Waals surface area contributed by atoms with Gasteiger partial charge in [-0.1, -0.05) is 0 Å². The van der Waals surface area contributed by atoms with Crippen LogP contribution in [0.1, 0.15) is 5.82 Å². The molecule has 0 saturated carbocycles. The molecule has 2 amide bonds. The molecule has 8 nitrogen and oxygen atoms in total. The van der Waals surface area contributed by atoms with Crippen molar-refractivity contribution in [2.75, 3.05) is 20.1 Å². The molecule has 0 aliphatic heterocycles. The van der Waals surface area contributed by atoms with E-state index in [0.717, 1.165) is 10.7 Å². The highest BCUT2D eigenvalue weighted by molar-refractivity contribution is 5.79. The summed E-state index contributed by atoms with van der Waals surface area (Å²) in [5.41, 5.74) is 0. The first-order valence-corrected chi connectivity index (χ1v) is 5.04. The van der Waals surface area contributed by atoms with E-state index in [4.69, 9.17) is 5.11 Å². The van der Waals surface area contributed by atoms with E-state index in [1.54, 1.807) is 10.9 Å². The highest BCUT2D eigenvalue weighted by atomic mass is 16.4. The van der Waals surface area contributed by atoms with Gasteiger partial charge in [0.1, 0.15) is 18.7 Å². The largest absolute Gasteiger partial charge is 0.480 e. The van der Waals surface area contributed by atoms with Gasteiger partial charge in [0.25, 0.3) is 0 Å². The zero-order valence-electron chi connectivity index (χ0n) is 9.75. The maximum atomic E-state index is 11.4. The summed E-state index contributed by atoms with van der Waals surface area (Å²) in [6.07, 6.45) is 2.12. The Morgan fingerprint density at radius 1 is 1.59 bits per heavy atom. The van der Waals surface area contributed by atoms with Crippen molar-refractivity contribution >= 4 is 12.0 Å². The van der Waals surface area contributed by atoms with Crippen molar-refractivity contribution in [3.63, 3.8) is 0 Å². The standard InChI is InChI=1S/C9H15N5O3/c1-13(5-8(15)16)9(17)10-4-3-7-12-11-6-14(7)2/h6H,3-5H2,1-2H3,(H,10,17)(H,15,16). The first-order valence-electron chi connectivity index (χ1n) is 5.04. The van der Waals surface area contributed by atoms with Crippen LogP contribution in [0.4, 0.5) is 4.79 Å². The maximum Gasteiger partial charge on any atom is 0.323 e. The Labute approximate surface area is 98.2 Å². The molecule has 0 atom stereocenters. The van der Waals surface area contributed by atoms with Gasteiger partial charge in [0.05, 0.1) is 0 Å². The number of amides is 2. The molecule has 0 bridgehead atoms. The van der Waals surface area contributed by atoms with Crippen LogP contribution in [0.3, 0.4) is 0 Å². The van der Waals surface area contributed by atoms with Crippen LogP contribution in [0, 0.1) is 0 Å². The van der Waals surface area contributed by atoms with E-state index < -0.39 is 12.0 Å². The first kappa shape index (κ1) is 12.9. The summed E-state index contributed by atoms with van der Waals surface area (Å²) in [5.74, 6) is -0.290. The third-order valence-corrected chi connectivity index (χ3v) is 2.15. The number of carboxylic acids is 1. The molecule has 0 spiro atoms. The van der Waals surface area contributed by atoms with Crippen molar-refractivity contribution in [3.8, 4) is 0 Å². The first-order chi connectivity index (χ1) is 8.00. The van der Waals surface area contributed by atoms with Gasteiger partial charge >= 0.3 is 12.0 Å². The number of carbonyl (C=O) groups is 2. The minimum atomic E-state index is -1.05. The highest BCUT2D eigenvalue weighted by Crippen LogP contribution is 1.92. The van der Waals surface area contributed by atoms with Crippen molar-refractivity contribution in [2.45, 2.75) is 6.42 Å². The summed E-state index contributed by atoms with van der Waals surface area (Å²) in [5, 5.41) is 18.7. The van der Waals surface area contributed by atoms with E-state index in [1.807, 2.05) is 7.05 Å². The van der Waals surface area contributed by atoms with Gasteiger partial charge in [0.15, 0.2) is 0 Å². The summed E-state index contributed by atoms with van der Waals surface area (Å²) >= 11 is 0. The third kappa shape index (κ3) is 4.09. The van der Waals surface area contributed by atoms with Crippen LogP contribution in [-0.4, -0.2) is 56.9 Å². The molecule has 94 valence electrons. The third-order valence-electron chi connectivity index (χ3n) is 2.15. The molecular weight excluding hydrogens is 226 g/mol. The second kappa shape index (κ2) is 5.83. The van der Waals surface area contributed by atoms with Crippen LogP contribution in [0.15, 0.2) is 6.33 Å². The molecule has 1 aromatic heterocycles. The Morgan fingerprint density at radius 2 is 2.29 bits per heavy atom. The summed E-state index contributed by atoms with van der Waals surface area (Å²) in [4.78, 5) is 22.9. The molecule has 1 rings (SSSR count). The Kier molecular flexibility index (Phi) is 4.44. The number of hydrogen-bond acceptors (Lipinski definition) is 4. The molecule has 0 aliphatic carbocycles.